The van der Waals surface area contributed by atoms with Crippen molar-refractivity contribution >= 4 is 0 Å². The molecule has 1 radical (unpaired) electrons. The number of halogens is 2. The summed E-state index contributed by atoms with van der Waals surface area (Å²) in [5.74, 6) is 0. The largest absolute Gasteiger partial charge is 3.00 e. The first kappa shape index (κ1) is 21.3. The van der Waals surface area contributed by atoms with Crippen molar-refractivity contribution in [3.63, 3.8) is 0 Å². The van der Waals surface area contributed by atoms with Crippen molar-refractivity contribution in [2.45, 2.75) is 52.4 Å². The van der Waals surface area contributed by atoms with Crippen molar-refractivity contribution < 1.29 is 51.0 Å². The van der Waals surface area contributed by atoms with Crippen LogP contribution in [0.1, 0.15) is 52.4 Å². The SMILES string of the molecule is CCCCCCC1=[C-]CC=C1C.[Cl-].[Cl-].[Zr+3]. The average molecular weight is 325 g/mol. The molecule has 0 aromatic carbocycles. The van der Waals surface area contributed by atoms with Crippen molar-refractivity contribution in [1.82, 2.24) is 0 Å². The molecule has 0 fully saturated rings. The molecule has 1 aliphatic rings. The van der Waals surface area contributed by atoms with E-state index in [4.69, 9.17) is 0 Å². The zero-order valence-corrected chi connectivity index (χ0v) is 13.5. The van der Waals surface area contributed by atoms with Gasteiger partial charge < -0.3 is 24.8 Å². The first-order chi connectivity index (χ1) is 5.84. The number of unbranched alkanes of at least 4 members (excludes halogenated alkanes) is 3. The van der Waals surface area contributed by atoms with Crippen LogP contribution in [-0.2, 0) is 26.2 Å². The van der Waals surface area contributed by atoms with Gasteiger partial charge in [0.05, 0.1) is 0 Å². The molecule has 0 nitrogen and oxygen atoms in total. The van der Waals surface area contributed by atoms with Crippen molar-refractivity contribution in [1.29, 1.82) is 0 Å². The quantitative estimate of drug-likeness (QED) is 0.407. The van der Waals surface area contributed by atoms with Crippen LogP contribution >= 0.6 is 0 Å². The van der Waals surface area contributed by atoms with Gasteiger partial charge in [-0.15, -0.1) is 13.3 Å². The summed E-state index contributed by atoms with van der Waals surface area (Å²) in [5.41, 5.74) is 2.94. The van der Waals surface area contributed by atoms with Gasteiger partial charge in [0.1, 0.15) is 0 Å². The van der Waals surface area contributed by atoms with E-state index in [0.29, 0.717) is 0 Å². The molecule has 15 heavy (non-hydrogen) atoms. The molecule has 0 aromatic heterocycles. The number of rotatable bonds is 5. The second-order valence-electron chi connectivity index (χ2n) is 3.56. The Bertz CT molecular complexity index is 198. The Balaban J connectivity index is -0.000000480. The van der Waals surface area contributed by atoms with E-state index in [2.05, 4.69) is 26.0 Å². The van der Waals surface area contributed by atoms with Gasteiger partial charge in [0.15, 0.2) is 0 Å². The van der Waals surface area contributed by atoms with Gasteiger partial charge in [-0.1, -0.05) is 39.0 Å². The van der Waals surface area contributed by atoms with Crippen LogP contribution in [0.3, 0.4) is 0 Å². The second-order valence-corrected chi connectivity index (χ2v) is 3.56. The topological polar surface area (TPSA) is 0 Å². The third-order valence-corrected chi connectivity index (χ3v) is 2.48. The molecule has 0 atom stereocenters. The fraction of sp³-hybridized carbons (Fsp3) is 0.667. The summed E-state index contributed by atoms with van der Waals surface area (Å²) in [6.07, 6.45) is 13.4. The van der Waals surface area contributed by atoms with Crippen molar-refractivity contribution in [2.24, 2.45) is 0 Å². The molecule has 0 N–H and O–H groups in total. The molecule has 1 aliphatic carbocycles. The molecule has 0 unspecified atom stereocenters. The van der Waals surface area contributed by atoms with Gasteiger partial charge in [-0.3, -0.25) is 6.08 Å². The molecule has 0 spiro atoms. The Morgan fingerprint density at radius 3 is 2.33 bits per heavy atom. The van der Waals surface area contributed by atoms with Crippen LogP contribution in [0.5, 0.6) is 0 Å². The summed E-state index contributed by atoms with van der Waals surface area (Å²) in [6, 6.07) is 0. The normalized spacial score (nSPS) is 12.9. The summed E-state index contributed by atoms with van der Waals surface area (Å²) in [4.78, 5) is 0. The molecule has 0 heterocycles. The third-order valence-electron chi connectivity index (χ3n) is 2.48. The predicted octanol–water partition coefficient (Wildman–Crippen LogP) is -1.96. The molecule has 3 heteroatoms. The van der Waals surface area contributed by atoms with Crippen LogP contribution in [-0.4, -0.2) is 0 Å². The molecule has 0 bridgehead atoms. The number of allylic oxidation sites excluding steroid dienone is 4. The second kappa shape index (κ2) is 13.0. The minimum absolute atomic E-state index is 0. The number of hydrogen-bond donors (Lipinski definition) is 0. The maximum Gasteiger partial charge on any atom is 3.00 e. The molecule has 0 saturated heterocycles. The summed E-state index contributed by atoms with van der Waals surface area (Å²) in [7, 11) is 0. The van der Waals surface area contributed by atoms with Gasteiger partial charge >= 0.3 is 26.2 Å². The van der Waals surface area contributed by atoms with E-state index in [1.807, 2.05) is 0 Å². The zero-order valence-electron chi connectivity index (χ0n) is 9.58. The maximum absolute atomic E-state index is 3.41. The van der Waals surface area contributed by atoms with E-state index in [1.54, 1.807) is 0 Å². The molecular formula is C12H19Cl2Zr. The van der Waals surface area contributed by atoms with Crippen molar-refractivity contribution in [3.05, 3.63) is 23.3 Å². The smallest absolute Gasteiger partial charge is 1.00 e. The summed E-state index contributed by atoms with van der Waals surface area (Å²) >= 11 is 0. The Kier molecular flexibility index (Phi) is 18.4. The van der Waals surface area contributed by atoms with Gasteiger partial charge in [-0.2, -0.15) is 6.08 Å². The first-order valence-electron chi connectivity index (χ1n) is 5.11. The first-order valence-corrected chi connectivity index (χ1v) is 5.11. The van der Waals surface area contributed by atoms with Gasteiger partial charge in [0, 0.05) is 0 Å². The zero-order chi connectivity index (χ0) is 8.81. The molecular weight excluding hydrogens is 306 g/mol. The van der Waals surface area contributed by atoms with Crippen LogP contribution < -0.4 is 24.8 Å². The van der Waals surface area contributed by atoms with Gasteiger partial charge in [0.2, 0.25) is 0 Å². The van der Waals surface area contributed by atoms with E-state index in [9.17, 15) is 0 Å². The van der Waals surface area contributed by atoms with Gasteiger partial charge in [-0.05, 0) is 0 Å². The van der Waals surface area contributed by atoms with E-state index < -0.39 is 0 Å². The monoisotopic (exact) mass is 323 g/mol. The minimum Gasteiger partial charge on any atom is -1.00 e. The number of hydrogen-bond acceptors (Lipinski definition) is 0. The van der Waals surface area contributed by atoms with Crippen LogP contribution in [0.15, 0.2) is 17.2 Å². The van der Waals surface area contributed by atoms with E-state index >= 15 is 0 Å². The van der Waals surface area contributed by atoms with Crippen LogP contribution in [0.25, 0.3) is 0 Å². The molecule has 0 aromatic rings. The Hall–Kier alpha value is 0.943. The average Bonchev–Trinajstić information content (AvgIpc) is 2.46. The van der Waals surface area contributed by atoms with Crippen LogP contribution in [0, 0.1) is 6.08 Å². The summed E-state index contributed by atoms with van der Waals surface area (Å²) in [5, 5.41) is 0. The Labute approximate surface area is 126 Å². The Morgan fingerprint density at radius 1 is 1.20 bits per heavy atom. The summed E-state index contributed by atoms with van der Waals surface area (Å²) < 4.78 is 0. The van der Waals surface area contributed by atoms with Crippen LogP contribution in [0.2, 0.25) is 0 Å². The molecule has 85 valence electrons. The van der Waals surface area contributed by atoms with Crippen molar-refractivity contribution in [3.8, 4) is 0 Å². The van der Waals surface area contributed by atoms with Crippen molar-refractivity contribution in [2.75, 3.05) is 0 Å². The van der Waals surface area contributed by atoms with E-state index in [1.165, 1.54) is 43.3 Å². The molecule has 0 aliphatic heterocycles. The van der Waals surface area contributed by atoms with Crippen LogP contribution in [0.4, 0.5) is 0 Å². The standard InChI is InChI=1S/C12H19.2ClH.Zr/c1-3-4-5-6-9-12-10-7-8-11(12)2;;;/h8H,3-7,9H2,1-2H3;2*1H;/q-1;;;+3/p-2. The molecule has 0 amide bonds. The van der Waals surface area contributed by atoms with Gasteiger partial charge in [-0.25, -0.2) is 11.1 Å². The van der Waals surface area contributed by atoms with Gasteiger partial charge in [0.25, 0.3) is 0 Å². The summed E-state index contributed by atoms with van der Waals surface area (Å²) in [6.45, 7) is 4.46. The molecule has 1 rings (SSSR count). The maximum atomic E-state index is 3.41. The fourth-order valence-electron chi connectivity index (χ4n) is 1.60. The van der Waals surface area contributed by atoms with E-state index in [-0.39, 0.29) is 51.0 Å². The van der Waals surface area contributed by atoms with E-state index in [0.717, 1.165) is 6.42 Å². The predicted molar refractivity (Wildman–Crippen MR) is 53.9 cm³/mol. The third kappa shape index (κ3) is 8.72. The Morgan fingerprint density at radius 2 is 1.87 bits per heavy atom. The fourth-order valence-corrected chi connectivity index (χ4v) is 1.60. The molecule has 0 saturated carbocycles. The minimum atomic E-state index is 0.